The second kappa shape index (κ2) is 12.9. The van der Waals surface area contributed by atoms with E-state index in [1.807, 2.05) is 6.92 Å². The lowest BCUT2D eigenvalue weighted by atomic mass is 10.2. The molecule has 180 valence electrons. The number of rotatable bonds is 10. The van der Waals surface area contributed by atoms with Gasteiger partial charge in [0.05, 0.1) is 35.5 Å². The third kappa shape index (κ3) is 7.97. The van der Waals surface area contributed by atoms with E-state index in [2.05, 4.69) is 15.8 Å². The molecule has 9 heteroatoms. The third-order valence-electron chi connectivity index (χ3n) is 4.58. The SMILES string of the molecule is CCCOc1ccc(C(=O)Oc2ccc(/C=N\NC(=O)CNC(=O)c3ccccc3Cl)cc2)cc1. The van der Waals surface area contributed by atoms with Crippen molar-refractivity contribution in [1.29, 1.82) is 0 Å². The molecule has 0 heterocycles. The highest BCUT2D eigenvalue weighted by Crippen LogP contribution is 2.17. The van der Waals surface area contributed by atoms with Crippen LogP contribution >= 0.6 is 11.6 Å². The van der Waals surface area contributed by atoms with Gasteiger partial charge in [-0.05, 0) is 72.6 Å². The van der Waals surface area contributed by atoms with Gasteiger partial charge >= 0.3 is 5.97 Å². The van der Waals surface area contributed by atoms with E-state index in [9.17, 15) is 14.4 Å². The molecule has 2 N–H and O–H groups in total. The quantitative estimate of drug-likeness (QED) is 0.190. The van der Waals surface area contributed by atoms with Crippen LogP contribution in [0.4, 0.5) is 0 Å². The summed E-state index contributed by atoms with van der Waals surface area (Å²) in [6, 6.07) is 19.9. The molecule has 0 unspecified atom stereocenters. The van der Waals surface area contributed by atoms with E-state index >= 15 is 0 Å². The van der Waals surface area contributed by atoms with Crippen LogP contribution in [0, 0.1) is 0 Å². The van der Waals surface area contributed by atoms with Gasteiger partial charge in [0.2, 0.25) is 0 Å². The van der Waals surface area contributed by atoms with Gasteiger partial charge in [-0.15, -0.1) is 0 Å². The van der Waals surface area contributed by atoms with E-state index in [0.717, 1.165) is 6.42 Å². The zero-order valence-electron chi connectivity index (χ0n) is 19.0. The normalized spacial score (nSPS) is 10.6. The lowest BCUT2D eigenvalue weighted by molar-refractivity contribution is -0.120. The number of nitrogens with zero attached hydrogens (tertiary/aromatic N) is 1. The molecule has 0 aliphatic heterocycles. The predicted octanol–water partition coefficient (Wildman–Crippen LogP) is 4.23. The monoisotopic (exact) mass is 493 g/mol. The molecule has 35 heavy (non-hydrogen) atoms. The molecule has 0 saturated carbocycles. The van der Waals surface area contributed by atoms with Gasteiger partial charge in [0.1, 0.15) is 11.5 Å². The summed E-state index contributed by atoms with van der Waals surface area (Å²) in [4.78, 5) is 36.3. The lowest BCUT2D eigenvalue weighted by Crippen LogP contribution is -2.35. The second-order valence-electron chi connectivity index (χ2n) is 7.29. The molecule has 0 aliphatic rings. The Bertz CT molecular complexity index is 1190. The van der Waals surface area contributed by atoms with Crippen molar-refractivity contribution in [1.82, 2.24) is 10.7 Å². The molecule has 0 fully saturated rings. The largest absolute Gasteiger partial charge is 0.494 e. The van der Waals surface area contributed by atoms with Gasteiger partial charge in [-0.2, -0.15) is 5.10 Å². The number of amides is 2. The number of hydrogen-bond acceptors (Lipinski definition) is 6. The molecule has 3 aromatic carbocycles. The number of hydrogen-bond donors (Lipinski definition) is 2. The first-order chi connectivity index (χ1) is 17.0. The van der Waals surface area contributed by atoms with Crippen LogP contribution in [0.5, 0.6) is 11.5 Å². The fourth-order valence-electron chi connectivity index (χ4n) is 2.81. The Morgan fingerprint density at radius 3 is 2.31 bits per heavy atom. The average molecular weight is 494 g/mol. The molecule has 0 aromatic heterocycles. The average Bonchev–Trinajstić information content (AvgIpc) is 2.87. The minimum absolute atomic E-state index is 0.262. The highest BCUT2D eigenvalue weighted by Gasteiger charge is 2.11. The molecule has 2 amide bonds. The van der Waals surface area contributed by atoms with E-state index in [-0.39, 0.29) is 12.1 Å². The summed E-state index contributed by atoms with van der Waals surface area (Å²) in [5.74, 6) is -0.384. The van der Waals surface area contributed by atoms with Gasteiger partial charge in [-0.1, -0.05) is 30.7 Å². The molecule has 0 aliphatic carbocycles. The Kier molecular flexibility index (Phi) is 9.39. The van der Waals surface area contributed by atoms with Gasteiger partial charge in [0, 0.05) is 0 Å². The number of ether oxygens (including phenoxy) is 2. The number of hydrazone groups is 1. The van der Waals surface area contributed by atoms with Crippen molar-refractivity contribution in [3.63, 3.8) is 0 Å². The molecular formula is C26H24ClN3O5. The summed E-state index contributed by atoms with van der Waals surface area (Å²) in [5, 5.41) is 6.63. The topological polar surface area (TPSA) is 106 Å². The van der Waals surface area contributed by atoms with Crippen molar-refractivity contribution in [2.75, 3.05) is 13.2 Å². The fourth-order valence-corrected chi connectivity index (χ4v) is 3.04. The van der Waals surface area contributed by atoms with Gasteiger partial charge < -0.3 is 14.8 Å². The summed E-state index contributed by atoms with van der Waals surface area (Å²) in [6.07, 6.45) is 2.33. The van der Waals surface area contributed by atoms with Crippen molar-refractivity contribution < 1.29 is 23.9 Å². The maximum Gasteiger partial charge on any atom is 0.343 e. The first kappa shape index (κ1) is 25.5. The molecule has 0 saturated heterocycles. The van der Waals surface area contributed by atoms with Crippen LogP contribution in [-0.4, -0.2) is 37.1 Å². The number of halogens is 1. The number of carbonyl (C=O) groups excluding carboxylic acids is 3. The maximum absolute atomic E-state index is 12.3. The Balaban J connectivity index is 1.44. The summed E-state index contributed by atoms with van der Waals surface area (Å²) < 4.78 is 10.9. The number of nitrogens with one attached hydrogen (secondary N) is 2. The fraction of sp³-hybridized carbons (Fsp3) is 0.154. The molecule has 0 bridgehead atoms. The Hall–Kier alpha value is -4.17. The molecule has 0 radical (unpaired) electrons. The van der Waals surface area contributed by atoms with Crippen molar-refractivity contribution in [2.45, 2.75) is 13.3 Å². The molecular weight excluding hydrogens is 470 g/mol. The van der Waals surface area contributed by atoms with E-state index in [1.165, 1.54) is 6.21 Å². The standard InChI is InChI=1S/C26H24ClN3O5/c1-2-15-34-20-13-9-19(10-14-20)26(33)35-21-11-7-18(8-12-21)16-29-30-24(31)17-28-25(32)22-5-3-4-6-23(22)27/h3-14,16H,2,15,17H2,1H3,(H,28,32)(H,30,31)/b29-16-. The zero-order valence-corrected chi connectivity index (χ0v) is 19.7. The third-order valence-corrected chi connectivity index (χ3v) is 4.91. The van der Waals surface area contributed by atoms with Gasteiger partial charge in [0.15, 0.2) is 0 Å². The van der Waals surface area contributed by atoms with Crippen LogP contribution in [0.3, 0.4) is 0 Å². The van der Waals surface area contributed by atoms with Crippen LogP contribution in [0.2, 0.25) is 5.02 Å². The number of carbonyl (C=O) groups is 3. The minimum Gasteiger partial charge on any atom is -0.494 e. The van der Waals surface area contributed by atoms with Crippen LogP contribution in [0.1, 0.15) is 39.6 Å². The lowest BCUT2D eigenvalue weighted by Gasteiger charge is -2.07. The van der Waals surface area contributed by atoms with Crippen LogP contribution in [0.25, 0.3) is 0 Å². The Morgan fingerprint density at radius 1 is 0.943 bits per heavy atom. The van der Waals surface area contributed by atoms with E-state index in [4.69, 9.17) is 21.1 Å². The van der Waals surface area contributed by atoms with Gasteiger partial charge in [0.25, 0.3) is 11.8 Å². The predicted molar refractivity (Wildman–Crippen MR) is 133 cm³/mol. The zero-order chi connectivity index (χ0) is 25.0. The Labute approximate surface area is 207 Å². The summed E-state index contributed by atoms with van der Waals surface area (Å²) >= 11 is 5.96. The smallest absolute Gasteiger partial charge is 0.343 e. The van der Waals surface area contributed by atoms with Crippen LogP contribution < -0.4 is 20.2 Å². The van der Waals surface area contributed by atoms with Crippen LogP contribution in [-0.2, 0) is 4.79 Å². The maximum atomic E-state index is 12.3. The number of benzene rings is 3. The first-order valence-electron chi connectivity index (χ1n) is 10.9. The highest BCUT2D eigenvalue weighted by molar-refractivity contribution is 6.33. The Morgan fingerprint density at radius 2 is 1.63 bits per heavy atom. The van der Waals surface area contributed by atoms with E-state index in [0.29, 0.717) is 34.3 Å². The summed E-state index contributed by atoms with van der Waals surface area (Å²) in [6.45, 7) is 2.37. The van der Waals surface area contributed by atoms with Crippen LogP contribution in [0.15, 0.2) is 77.9 Å². The first-order valence-corrected chi connectivity index (χ1v) is 11.2. The summed E-state index contributed by atoms with van der Waals surface area (Å²) in [7, 11) is 0. The van der Waals surface area contributed by atoms with E-state index < -0.39 is 17.8 Å². The van der Waals surface area contributed by atoms with Gasteiger partial charge in [-0.3, -0.25) is 9.59 Å². The van der Waals surface area contributed by atoms with E-state index in [1.54, 1.807) is 72.8 Å². The van der Waals surface area contributed by atoms with Gasteiger partial charge in [-0.25, -0.2) is 10.2 Å². The van der Waals surface area contributed by atoms with Crippen molar-refractivity contribution in [2.24, 2.45) is 5.10 Å². The molecule has 0 spiro atoms. The molecule has 3 rings (SSSR count). The highest BCUT2D eigenvalue weighted by atomic mass is 35.5. The number of esters is 1. The second-order valence-corrected chi connectivity index (χ2v) is 7.69. The van der Waals surface area contributed by atoms with Crippen molar-refractivity contribution in [3.05, 3.63) is 94.5 Å². The summed E-state index contributed by atoms with van der Waals surface area (Å²) in [5.41, 5.74) is 3.68. The van der Waals surface area contributed by atoms with Crippen molar-refractivity contribution in [3.8, 4) is 11.5 Å². The molecule has 3 aromatic rings. The molecule has 0 atom stereocenters. The molecule has 8 nitrogen and oxygen atoms in total. The minimum atomic E-state index is -0.502. The van der Waals surface area contributed by atoms with Crippen molar-refractivity contribution >= 4 is 35.6 Å².